The predicted octanol–water partition coefficient (Wildman–Crippen LogP) is 5.18. The second-order valence-electron chi connectivity index (χ2n) is 6.45. The predicted molar refractivity (Wildman–Crippen MR) is 103 cm³/mol. The van der Waals surface area contributed by atoms with Crippen LogP contribution in [0.25, 0.3) is 22.5 Å². The molecule has 0 fully saturated rings. The van der Waals surface area contributed by atoms with Crippen LogP contribution in [-0.4, -0.2) is 13.3 Å². The highest BCUT2D eigenvalue weighted by molar-refractivity contribution is 5.78. The second-order valence-corrected chi connectivity index (χ2v) is 6.45. The van der Waals surface area contributed by atoms with Crippen LogP contribution >= 0.6 is 0 Å². The third-order valence-corrected chi connectivity index (χ3v) is 4.51. The van der Waals surface area contributed by atoms with E-state index in [1.54, 1.807) is 0 Å². The van der Waals surface area contributed by atoms with E-state index in [-0.39, 0.29) is 17.1 Å². The van der Waals surface area contributed by atoms with Crippen LogP contribution in [0.3, 0.4) is 0 Å². The third-order valence-electron chi connectivity index (χ3n) is 4.51. The van der Waals surface area contributed by atoms with Gasteiger partial charge in [-0.25, -0.2) is 14.0 Å². The topological polar surface area (TPSA) is 65.7 Å². The van der Waals surface area contributed by atoms with Crippen molar-refractivity contribution in [2.75, 3.05) is 7.11 Å². The van der Waals surface area contributed by atoms with Crippen molar-refractivity contribution in [1.29, 1.82) is 0 Å². The molecule has 0 saturated carbocycles. The number of benzene rings is 2. The molecule has 3 rings (SSSR count). The first-order valence-corrected chi connectivity index (χ1v) is 8.58. The first kappa shape index (κ1) is 19.4. The maximum atomic E-state index is 13.2. The van der Waals surface area contributed by atoms with Crippen molar-refractivity contribution in [3.8, 4) is 28.2 Å². The lowest BCUT2D eigenvalue weighted by molar-refractivity contribution is 0.121. The summed E-state index contributed by atoms with van der Waals surface area (Å²) >= 11 is 0. The fourth-order valence-corrected chi connectivity index (χ4v) is 2.91. The number of hydrogen-bond donors (Lipinski definition) is 0. The van der Waals surface area contributed by atoms with Crippen molar-refractivity contribution < 1.29 is 23.1 Å². The molecule has 28 heavy (non-hydrogen) atoms. The maximum Gasteiger partial charge on any atom is 0.513 e. The Kier molecular flexibility index (Phi) is 5.31. The summed E-state index contributed by atoms with van der Waals surface area (Å²) in [6.45, 7) is 5.75. The molecule has 0 N–H and O–H groups in total. The normalized spacial score (nSPS) is 10.6. The minimum absolute atomic E-state index is 0.00813. The third kappa shape index (κ3) is 3.81. The van der Waals surface area contributed by atoms with E-state index >= 15 is 0 Å². The summed E-state index contributed by atoms with van der Waals surface area (Å²) in [7, 11) is 1.18. The summed E-state index contributed by atoms with van der Waals surface area (Å²) in [6, 6.07) is 10.6. The molecule has 0 spiro atoms. The van der Waals surface area contributed by atoms with Crippen molar-refractivity contribution >= 4 is 6.16 Å². The highest BCUT2D eigenvalue weighted by atomic mass is 19.1. The minimum atomic E-state index is -0.960. The summed E-state index contributed by atoms with van der Waals surface area (Å²) in [4.78, 5) is 24.6. The summed E-state index contributed by atoms with van der Waals surface area (Å²) in [6.07, 6.45) is -0.960. The van der Waals surface area contributed by atoms with Gasteiger partial charge >= 0.3 is 11.8 Å². The Morgan fingerprint density at radius 1 is 0.964 bits per heavy atom. The van der Waals surface area contributed by atoms with E-state index in [4.69, 9.17) is 9.15 Å². The van der Waals surface area contributed by atoms with Crippen molar-refractivity contribution in [2.24, 2.45) is 0 Å². The Hall–Kier alpha value is -3.41. The molecule has 1 aromatic heterocycles. The van der Waals surface area contributed by atoms with Crippen LogP contribution in [0.5, 0.6) is 5.75 Å². The number of methoxy groups -OCH3 is 1. The first-order valence-electron chi connectivity index (χ1n) is 8.58. The Morgan fingerprint density at radius 2 is 1.61 bits per heavy atom. The summed E-state index contributed by atoms with van der Waals surface area (Å²) in [5.41, 5.74) is 3.40. The van der Waals surface area contributed by atoms with Gasteiger partial charge in [0, 0.05) is 11.6 Å². The highest BCUT2D eigenvalue weighted by Gasteiger charge is 2.21. The van der Waals surface area contributed by atoms with Crippen LogP contribution in [0.1, 0.15) is 16.7 Å². The Labute approximate surface area is 161 Å². The number of halogens is 1. The Morgan fingerprint density at radius 3 is 2.25 bits per heavy atom. The molecule has 2 aromatic carbocycles. The van der Waals surface area contributed by atoms with Gasteiger partial charge in [-0.05, 0) is 67.3 Å². The quantitative estimate of drug-likeness (QED) is 0.584. The lowest BCUT2D eigenvalue weighted by Crippen LogP contribution is -2.13. The van der Waals surface area contributed by atoms with Crippen LogP contribution in [-0.2, 0) is 4.74 Å². The molecule has 0 aliphatic carbocycles. The molecule has 0 aliphatic heterocycles. The largest absolute Gasteiger partial charge is 0.513 e. The SMILES string of the molecule is COC(=O)Oc1cc(-c2ccc(F)cc2)oc(=O)c1-c1cc(C)c(C)cc1C. The average Bonchev–Trinajstić information content (AvgIpc) is 2.65. The van der Waals surface area contributed by atoms with Crippen molar-refractivity contribution in [2.45, 2.75) is 20.8 Å². The summed E-state index contributed by atoms with van der Waals surface area (Å²) < 4.78 is 28.5. The van der Waals surface area contributed by atoms with Crippen molar-refractivity contribution in [1.82, 2.24) is 0 Å². The number of aryl methyl sites for hydroxylation is 3. The Bertz CT molecular complexity index is 1100. The Balaban J connectivity index is 2.24. The van der Waals surface area contributed by atoms with Gasteiger partial charge in [0.05, 0.1) is 7.11 Å². The zero-order chi connectivity index (χ0) is 20.4. The smallest absolute Gasteiger partial charge is 0.437 e. The van der Waals surface area contributed by atoms with Gasteiger partial charge in [-0.1, -0.05) is 12.1 Å². The van der Waals surface area contributed by atoms with E-state index in [0.29, 0.717) is 11.1 Å². The molecule has 0 aliphatic rings. The molecule has 0 unspecified atom stereocenters. The molecule has 0 atom stereocenters. The molecular formula is C22H19FO5. The van der Waals surface area contributed by atoms with E-state index in [9.17, 15) is 14.0 Å². The van der Waals surface area contributed by atoms with Crippen molar-refractivity contribution in [3.05, 3.63) is 75.4 Å². The molecule has 5 nitrogen and oxygen atoms in total. The van der Waals surface area contributed by atoms with Crippen molar-refractivity contribution in [3.63, 3.8) is 0 Å². The van der Waals surface area contributed by atoms with Gasteiger partial charge in [-0.15, -0.1) is 0 Å². The second kappa shape index (κ2) is 7.68. The van der Waals surface area contributed by atoms with Gasteiger partial charge in [-0.3, -0.25) is 0 Å². The number of hydrogen-bond acceptors (Lipinski definition) is 5. The molecule has 0 amide bonds. The molecule has 3 aromatic rings. The lowest BCUT2D eigenvalue weighted by atomic mass is 9.95. The molecule has 0 radical (unpaired) electrons. The van der Waals surface area contributed by atoms with E-state index in [0.717, 1.165) is 16.7 Å². The van der Waals surface area contributed by atoms with Crippen LogP contribution < -0.4 is 10.4 Å². The van der Waals surface area contributed by atoms with E-state index in [2.05, 4.69) is 4.74 Å². The molecular weight excluding hydrogens is 363 g/mol. The fourth-order valence-electron chi connectivity index (χ4n) is 2.91. The van der Waals surface area contributed by atoms with Crippen LogP contribution in [0.2, 0.25) is 0 Å². The minimum Gasteiger partial charge on any atom is -0.437 e. The van der Waals surface area contributed by atoms with Gasteiger partial charge in [-0.2, -0.15) is 0 Å². The monoisotopic (exact) mass is 382 g/mol. The molecule has 6 heteroatoms. The molecule has 0 saturated heterocycles. The maximum absolute atomic E-state index is 13.2. The standard InChI is InChI=1S/C22H19FO5/c1-12-9-14(3)17(10-13(12)2)20-19(28-22(25)26-4)11-18(27-21(20)24)15-5-7-16(23)8-6-15/h5-11H,1-4H3. The number of carbonyl (C=O) groups is 1. The highest BCUT2D eigenvalue weighted by Crippen LogP contribution is 2.34. The van der Waals surface area contributed by atoms with E-state index in [1.807, 2.05) is 32.9 Å². The molecule has 1 heterocycles. The molecule has 144 valence electrons. The number of rotatable bonds is 3. The van der Waals surface area contributed by atoms with Gasteiger partial charge in [0.15, 0.2) is 5.75 Å². The number of carbonyl (C=O) groups excluding carboxylic acids is 1. The summed E-state index contributed by atoms with van der Waals surface area (Å²) in [5.74, 6) is -0.262. The number of ether oxygens (including phenoxy) is 2. The fraction of sp³-hybridized carbons (Fsp3) is 0.182. The zero-order valence-corrected chi connectivity index (χ0v) is 16.0. The van der Waals surface area contributed by atoms with Crippen LogP contribution in [0.4, 0.5) is 9.18 Å². The molecule has 0 bridgehead atoms. The lowest BCUT2D eigenvalue weighted by Gasteiger charge is -2.13. The van der Waals surface area contributed by atoms with Crippen LogP contribution in [0, 0.1) is 26.6 Å². The van der Waals surface area contributed by atoms with Gasteiger partial charge in [0.2, 0.25) is 0 Å². The zero-order valence-electron chi connectivity index (χ0n) is 16.0. The summed E-state index contributed by atoms with van der Waals surface area (Å²) in [5, 5.41) is 0. The van der Waals surface area contributed by atoms with Crippen LogP contribution in [0.15, 0.2) is 51.7 Å². The average molecular weight is 382 g/mol. The van der Waals surface area contributed by atoms with Gasteiger partial charge in [0.25, 0.3) is 0 Å². The van der Waals surface area contributed by atoms with E-state index < -0.39 is 17.6 Å². The van der Waals surface area contributed by atoms with Gasteiger partial charge < -0.3 is 13.9 Å². The van der Waals surface area contributed by atoms with E-state index in [1.165, 1.54) is 37.4 Å². The van der Waals surface area contributed by atoms with Gasteiger partial charge in [0.1, 0.15) is 17.1 Å². The first-order chi connectivity index (χ1) is 13.3.